The molecule has 0 fully saturated rings. The molecular formula is C39H35P. The van der Waals surface area contributed by atoms with E-state index >= 15 is 0 Å². The van der Waals surface area contributed by atoms with Crippen molar-refractivity contribution >= 4 is 24.1 Å². The molecule has 40 heavy (non-hydrogen) atoms. The molecule has 0 radical (unpaired) electrons. The third-order valence-electron chi connectivity index (χ3n) is 7.74. The first kappa shape index (κ1) is 26.1. The summed E-state index contributed by atoms with van der Waals surface area (Å²) in [5, 5.41) is 1.35. The minimum Gasteiger partial charge on any atom is -0.0971 e. The Morgan fingerprint density at radius 3 is 1.43 bits per heavy atom. The van der Waals surface area contributed by atoms with Crippen molar-refractivity contribution in [1.29, 1.82) is 0 Å². The SMILES string of the molecule is C=P(C)(C)c1cccc(-c2ccccc2-c2ccccc2-c2ccccc2-c2ccccc2C2=CCCC=C2)c1. The standard InChI is InChI=1S/C39H35P/c1-40(2,3)31-19-15-18-30(28-31)33-21-8-10-23-35(33)37-25-12-14-27-39(37)38-26-13-11-24-36(38)34-22-9-7-20-32(34)29-16-5-4-6-17-29/h5,7-28H,1,4,6H2,2-3H3. The zero-order valence-corrected chi connectivity index (χ0v) is 24.2. The Morgan fingerprint density at radius 2 is 0.950 bits per heavy atom. The van der Waals surface area contributed by atoms with Gasteiger partial charge in [0.1, 0.15) is 0 Å². The third kappa shape index (κ3) is 5.21. The molecule has 0 heterocycles. The van der Waals surface area contributed by atoms with E-state index in [-0.39, 0.29) is 0 Å². The summed E-state index contributed by atoms with van der Waals surface area (Å²) in [7, 11) is 0. The lowest BCUT2D eigenvalue weighted by molar-refractivity contribution is 1.04. The predicted molar refractivity (Wildman–Crippen MR) is 180 cm³/mol. The van der Waals surface area contributed by atoms with Crippen molar-refractivity contribution in [1.82, 2.24) is 0 Å². The third-order valence-corrected chi connectivity index (χ3v) is 9.42. The average Bonchev–Trinajstić information content (AvgIpc) is 3.01. The summed E-state index contributed by atoms with van der Waals surface area (Å²) in [6, 6.07) is 44.4. The second-order valence-electron chi connectivity index (χ2n) is 11.1. The van der Waals surface area contributed by atoms with Gasteiger partial charge in [-0.15, -0.1) is 0 Å². The largest absolute Gasteiger partial charge is 0.0971 e. The van der Waals surface area contributed by atoms with E-state index in [1.54, 1.807) is 0 Å². The summed E-state index contributed by atoms with van der Waals surface area (Å²) in [4.78, 5) is 0. The smallest absolute Gasteiger partial charge is 0.00990 e. The van der Waals surface area contributed by atoms with Gasteiger partial charge >= 0.3 is 0 Å². The van der Waals surface area contributed by atoms with Crippen molar-refractivity contribution in [2.24, 2.45) is 0 Å². The molecule has 0 amide bonds. The fraction of sp³-hybridized carbons (Fsp3) is 0.103. The lowest BCUT2D eigenvalue weighted by Crippen LogP contribution is -2.03. The summed E-state index contributed by atoms with van der Waals surface area (Å²) < 4.78 is 0. The van der Waals surface area contributed by atoms with Gasteiger partial charge in [0.15, 0.2) is 0 Å². The Hall–Kier alpha value is -4.12. The molecule has 0 aromatic heterocycles. The van der Waals surface area contributed by atoms with Crippen LogP contribution in [-0.4, -0.2) is 19.6 Å². The summed E-state index contributed by atoms with van der Waals surface area (Å²) in [5.74, 6) is 0. The Labute approximate surface area is 239 Å². The zero-order chi connectivity index (χ0) is 27.5. The number of benzene rings is 5. The second kappa shape index (κ2) is 11.2. The Balaban J connectivity index is 1.53. The van der Waals surface area contributed by atoms with E-state index < -0.39 is 6.89 Å². The highest BCUT2D eigenvalue weighted by Crippen LogP contribution is 2.43. The van der Waals surface area contributed by atoms with Crippen LogP contribution in [0.1, 0.15) is 18.4 Å². The van der Waals surface area contributed by atoms with E-state index in [4.69, 9.17) is 0 Å². The summed E-state index contributed by atoms with van der Waals surface area (Å²) >= 11 is 0. The van der Waals surface area contributed by atoms with Gasteiger partial charge in [0.2, 0.25) is 0 Å². The molecular weight excluding hydrogens is 499 g/mol. The van der Waals surface area contributed by atoms with E-state index in [9.17, 15) is 0 Å². The first-order valence-corrected chi connectivity index (χ1v) is 16.9. The van der Waals surface area contributed by atoms with Gasteiger partial charge in [-0.1, -0.05) is 147 Å². The van der Waals surface area contributed by atoms with Crippen LogP contribution < -0.4 is 5.30 Å². The number of hydrogen-bond donors (Lipinski definition) is 0. The lowest BCUT2D eigenvalue weighted by Gasteiger charge is -2.20. The molecule has 0 bridgehead atoms. The first-order valence-electron chi connectivity index (χ1n) is 14.0. The van der Waals surface area contributed by atoms with Gasteiger partial charge in [0, 0.05) is 0 Å². The van der Waals surface area contributed by atoms with Crippen molar-refractivity contribution in [3.8, 4) is 44.5 Å². The fourth-order valence-electron chi connectivity index (χ4n) is 5.71. The van der Waals surface area contributed by atoms with Crippen LogP contribution in [0, 0.1) is 0 Å². The van der Waals surface area contributed by atoms with Crippen LogP contribution in [0.2, 0.25) is 0 Å². The molecule has 0 saturated carbocycles. The van der Waals surface area contributed by atoms with Gasteiger partial charge in [-0.2, -0.15) is 0 Å². The van der Waals surface area contributed by atoms with Crippen molar-refractivity contribution in [3.63, 3.8) is 0 Å². The van der Waals surface area contributed by atoms with E-state index in [2.05, 4.69) is 159 Å². The number of allylic oxidation sites excluding steroid dienone is 4. The Kier molecular flexibility index (Phi) is 7.29. The molecule has 0 atom stereocenters. The highest BCUT2D eigenvalue weighted by Gasteiger charge is 2.17. The lowest BCUT2D eigenvalue weighted by atomic mass is 9.84. The molecule has 0 aliphatic heterocycles. The normalized spacial score (nSPS) is 13.2. The highest BCUT2D eigenvalue weighted by atomic mass is 31.2. The Morgan fingerprint density at radius 1 is 0.500 bits per heavy atom. The van der Waals surface area contributed by atoms with Crippen LogP contribution in [0.25, 0.3) is 50.1 Å². The van der Waals surface area contributed by atoms with Crippen LogP contribution in [0.3, 0.4) is 0 Å². The molecule has 0 saturated heterocycles. The number of hydrogen-bond acceptors (Lipinski definition) is 0. The van der Waals surface area contributed by atoms with Crippen molar-refractivity contribution in [3.05, 3.63) is 145 Å². The van der Waals surface area contributed by atoms with Crippen LogP contribution in [0.5, 0.6) is 0 Å². The quantitative estimate of drug-likeness (QED) is 0.190. The predicted octanol–water partition coefficient (Wildman–Crippen LogP) is 10.4. The molecule has 1 aliphatic carbocycles. The van der Waals surface area contributed by atoms with E-state index in [0.717, 1.165) is 12.8 Å². The molecule has 5 aromatic carbocycles. The van der Waals surface area contributed by atoms with Crippen molar-refractivity contribution < 1.29 is 0 Å². The average molecular weight is 535 g/mol. The summed E-state index contributed by atoms with van der Waals surface area (Å²) in [6.07, 6.45) is 13.6. The Bertz CT molecular complexity index is 1790. The number of rotatable bonds is 6. The minimum absolute atomic E-state index is 1.09. The van der Waals surface area contributed by atoms with Gasteiger partial charge in [-0.05, 0) is 93.2 Å². The molecule has 1 aliphatic rings. The first-order chi connectivity index (χ1) is 19.5. The van der Waals surface area contributed by atoms with Crippen molar-refractivity contribution in [2.75, 3.05) is 13.3 Å². The molecule has 0 spiro atoms. The van der Waals surface area contributed by atoms with Gasteiger partial charge in [-0.25, -0.2) is 0 Å². The molecule has 196 valence electrons. The molecule has 1 heteroatoms. The zero-order valence-electron chi connectivity index (χ0n) is 23.3. The van der Waals surface area contributed by atoms with E-state index in [1.807, 2.05) is 0 Å². The summed E-state index contributed by atoms with van der Waals surface area (Å²) in [6.45, 7) is 3.18. The molecule has 5 aromatic rings. The maximum atomic E-state index is 4.49. The van der Waals surface area contributed by atoms with Gasteiger partial charge in [0.25, 0.3) is 0 Å². The van der Waals surface area contributed by atoms with Crippen LogP contribution in [0.4, 0.5) is 0 Å². The molecule has 0 nitrogen and oxygen atoms in total. The molecule has 0 N–H and O–H groups in total. The van der Waals surface area contributed by atoms with Gasteiger partial charge < -0.3 is 0 Å². The van der Waals surface area contributed by atoms with Crippen LogP contribution in [-0.2, 0) is 0 Å². The van der Waals surface area contributed by atoms with Crippen LogP contribution >= 0.6 is 6.89 Å². The van der Waals surface area contributed by atoms with Gasteiger partial charge in [-0.3, -0.25) is 0 Å². The maximum Gasteiger partial charge on any atom is -0.00990 e. The second-order valence-corrected chi connectivity index (χ2v) is 14.9. The monoisotopic (exact) mass is 534 g/mol. The molecule has 6 rings (SSSR count). The van der Waals surface area contributed by atoms with E-state index in [0.29, 0.717) is 0 Å². The maximum absolute atomic E-state index is 4.49. The molecule has 0 unspecified atom stereocenters. The van der Waals surface area contributed by atoms with Crippen LogP contribution in [0.15, 0.2) is 140 Å². The highest BCUT2D eigenvalue weighted by molar-refractivity contribution is 7.79. The van der Waals surface area contributed by atoms with Gasteiger partial charge in [0.05, 0.1) is 0 Å². The minimum atomic E-state index is -1.38. The fourth-order valence-corrected chi connectivity index (χ4v) is 6.69. The van der Waals surface area contributed by atoms with E-state index in [1.165, 1.54) is 60.9 Å². The van der Waals surface area contributed by atoms with Crippen molar-refractivity contribution in [2.45, 2.75) is 12.8 Å². The topological polar surface area (TPSA) is 0 Å². The summed E-state index contributed by atoms with van der Waals surface area (Å²) in [5.41, 5.74) is 12.6.